The molecule has 0 saturated heterocycles. The fourth-order valence-electron chi connectivity index (χ4n) is 3.42. The molecule has 1 aromatic heterocycles. The van der Waals surface area contributed by atoms with Gasteiger partial charge in [0.25, 0.3) is 5.91 Å². The van der Waals surface area contributed by atoms with Crippen LogP contribution < -0.4 is 5.32 Å². The number of carbonyl (C=O) groups excluding carboxylic acids is 1. The quantitative estimate of drug-likeness (QED) is 0.832. The summed E-state index contributed by atoms with van der Waals surface area (Å²) in [6, 6.07) is 12.8. The van der Waals surface area contributed by atoms with E-state index in [1.54, 1.807) is 12.1 Å². The Morgan fingerprint density at radius 1 is 1.11 bits per heavy atom. The molecule has 1 atom stereocenters. The summed E-state index contributed by atoms with van der Waals surface area (Å²) in [6.45, 7) is 8.82. The number of aromatic nitrogens is 1. The van der Waals surface area contributed by atoms with Gasteiger partial charge in [0.2, 0.25) is 0 Å². The van der Waals surface area contributed by atoms with Crippen LogP contribution >= 0.6 is 0 Å². The first-order chi connectivity index (χ1) is 13.2. The number of hydrogen-bond acceptors (Lipinski definition) is 4. The summed E-state index contributed by atoms with van der Waals surface area (Å²) in [5.41, 5.74) is 2.57. The molecule has 28 heavy (non-hydrogen) atoms. The Kier molecular flexibility index (Phi) is 5.79. The van der Waals surface area contributed by atoms with Crippen LogP contribution in [0.4, 0.5) is 0 Å². The molecule has 0 bridgehead atoms. The first kappa shape index (κ1) is 20.0. The van der Waals surface area contributed by atoms with E-state index in [-0.39, 0.29) is 28.8 Å². The van der Waals surface area contributed by atoms with E-state index >= 15 is 0 Å². The topological polar surface area (TPSA) is 82.5 Å². The molecule has 1 aromatic carbocycles. The van der Waals surface area contributed by atoms with Crippen LogP contribution in [0.3, 0.4) is 0 Å². The number of carbonyl (C=O) groups is 2. The van der Waals surface area contributed by atoms with Gasteiger partial charge in [-0.05, 0) is 35.1 Å². The highest BCUT2D eigenvalue weighted by Gasteiger charge is 2.30. The molecule has 1 aliphatic rings. The van der Waals surface area contributed by atoms with Crippen molar-refractivity contribution in [1.29, 1.82) is 0 Å². The van der Waals surface area contributed by atoms with Gasteiger partial charge < -0.3 is 10.4 Å². The second-order valence-electron chi connectivity index (χ2n) is 8.36. The van der Waals surface area contributed by atoms with Crippen molar-refractivity contribution >= 4 is 11.9 Å². The standard InChI is InChI=1S/C22H27N3O3/c1-22(2,3)19(14-25-12-11-15-7-4-5-8-16(15)13-25)24-20(26)17-9-6-10-18(23-17)21(27)28/h4-10,19H,11-14H2,1-3H3,(H,24,26)(H,27,28). The maximum atomic E-state index is 12.7. The zero-order chi connectivity index (χ0) is 20.3. The lowest BCUT2D eigenvalue weighted by atomic mass is 9.85. The predicted molar refractivity (Wildman–Crippen MR) is 107 cm³/mol. The Hall–Kier alpha value is -2.73. The fourth-order valence-corrected chi connectivity index (χ4v) is 3.42. The van der Waals surface area contributed by atoms with Crippen molar-refractivity contribution in [2.24, 2.45) is 5.41 Å². The number of amides is 1. The first-order valence-electron chi connectivity index (χ1n) is 9.54. The summed E-state index contributed by atoms with van der Waals surface area (Å²) in [5.74, 6) is -1.49. The van der Waals surface area contributed by atoms with Gasteiger partial charge in [0.1, 0.15) is 11.4 Å². The second-order valence-corrected chi connectivity index (χ2v) is 8.36. The van der Waals surface area contributed by atoms with Gasteiger partial charge >= 0.3 is 5.97 Å². The number of carboxylic acids is 1. The van der Waals surface area contributed by atoms with Crippen LogP contribution in [0, 0.1) is 5.41 Å². The van der Waals surface area contributed by atoms with E-state index in [0.717, 1.165) is 26.1 Å². The van der Waals surface area contributed by atoms with Gasteiger partial charge in [-0.1, -0.05) is 51.1 Å². The third-order valence-electron chi connectivity index (χ3n) is 5.20. The van der Waals surface area contributed by atoms with Crippen molar-refractivity contribution in [3.8, 4) is 0 Å². The zero-order valence-corrected chi connectivity index (χ0v) is 16.6. The summed E-state index contributed by atoms with van der Waals surface area (Å²) in [4.78, 5) is 30.2. The fraction of sp³-hybridized carbons (Fsp3) is 0.409. The SMILES string of the molecule is CC(C)(C)C(CN1CCc2ccccc2C1)NC(=O)c1cccc(C(=O)O)n1. The monoisotopic (exact) mass is 381 g/mol. The number of nitrogens with zero attached hydrogens (tertiary/aromatic N) is 2. The molecule has 1 aliphatic heterocycles. The molecular weight excluding hydrogens is 354 g/mol. The maximum Gasteiger partial charge on any atom is 0.354 e. The lowest BCUT2D eigenvalue weighted by Crippen LogP contribution is -2.51. The first-order valence-corrected chi connectivity index (χ1v) is 9.54. The lowest BCUT2D eigenvalue weighted by molar-refractivity contribution is 0.0690. The van der Waals surface area contributed by atoms with Crippen LogP contribution in [0.1, 0.15) is 52.9 Å². The van der Waals surface area contributed by atoms with Crippen molar-refractivity contribution in [3.05, 3.63) is 65.0 Å². The van der Waals surface area contributed by atoms with Crippen LogP contribution in [0.5, 0.6) is 0 Å². The van der Waals surface area contributed by atoms with Crippen LogP contribution in [0.15, 0.2) is 42.5 Å². The van der Waals surface area contributed by atoms with Gasteiger partial charge in [-0.3, -0.25) is 9.69 Å². The Bertz CT molecular complexity index is 873. The third-order valence-corrected chi connectivity index (χ3v) is 5.20. The Morgan fingerprint density at radius 2 is 1.79 bits per heavy atom. The molecule has 1 amide bonds. The lowest BCUT2D eigenvalue weighted by Gasteiger charge is -2.37. The average molecular weight is 381 g/mol. The number of rotatable bonds is 5. The van der Waals surface area contributed by atoms with Crippen molar-refractivity contribution in [1.82, 2.24) is 15.2 Å². The smallest absolute Gasteiger partial charge is 0.354 e. The van der Waals surface area contributed by atoms with E-state index in [1.165, 1.54) is 17.2 Å². The summed E-state index contributed by atoms with van der Waals surface area (Å²) in [5, 5.41) is 12.2. The van der Waals surface area contributed by atoms with Crippen molar-refractivity contribution in [2.45, 2.75) is 39.8 Å². The van der Waals surface area contributed by atoms with Gasteiger partial charge in [0.05, 0.1) is 0 Å². The van der Waals surface area contributed by atoms with E-state index in [2.05, 4.69) is 60.2 Å². The minimum absolute atomic E-state index is 0.0967. The van der Waals surface area contributed by atoms with Crippen LogP contribution in [0.2, 0.25) is 0 Å². The summed E-state index contributed by atoms with van der Waals surface area (Å²) in [7, 11) is 0. The van der Waals surface area contributed by atoms with Crippen LogP contribution in [-0.2, 0) is 13.0 Å². The molecule has 0 saturated carbocycles. The van der Waals surface area contributed by atoms with Gasteiger partial charge in [-0.25, -0.2) is 9.78 Å². The number of hydrogen-bond donors (Lipinski definition) is 2. The highest BCUT2D eigenvalue weighted by Crippen LogP contribution is 2.24. The number of nitrogens with one attached hydrogen (secondary N) is 1. The number of pyridine rings is 1. The third kappa shape index (κ3) is 4.75. The molecular formula is C22H27N3O3. The summed E-state index contributed by atoms with van der Waals surface area (Å²) < 4.78 is 0. The molecule has 0 spiro atoms. The predicted octanol–water partition coefficient (Wildman–Crippen LogP) is 2.98. The molecule has 0 aliphatic carbocycles. The van der Waals surface area contributed by atoms with E-state index in [1.807, 2.05) is 0 Å². The molecule has 1 unspecified atom stereocenters. The molecule has 2 N–H and O–H groups in total. The van der Waals surface area contributed by atoms with Crippen LogP contribution in [-0.4, -0.2) is 46.0 Å². The second kappa shape index (κ2) is 8.10. The summed E-state index contributed by atoms with van der Waals surface area (Å²) >= 11 is 0. The van der Waals surface area contributed by atoms with Crippen molar-refractivity contribution in [3.63, 3.8) is 0 Å². The molecule has 148 valence electrons. The molecule has 2 heterocycles. The van der Waals surface area contributed by atoms with Crippen molar-refractivity contribution in [2.75, 3.05) is 13.1 Å². The number of carboxylic acid groups (broad SMARTS) is 1. The highest BCUT2D eigenvalue weighted by atomic mass is 16.4. The molecule has 6 nitrogen and oxygen atoms in total. The minimum atomic E-state index is -1.14. The van der Waals surface area contributed by atoms with E-state index < -0.39 is 5.97 Å². The zero-order valence-electron chi connectivity index (χ0n) is 16.6. The van der Waals surface area contributed by atoms with Gasteiger partial charge in [-0.2, -0.15) is 0 Å². The Labute approximate surface area is 165 Å². The molecule has 0 radical (unpaired) electrons. The minimum Gasteiger partial charge on any atom is -0.477 e. The van der Waals surface area contributed by atoms with Crippen molar-refractivity contribution < 1.29 is 14.7 Å². The Morgan fingerprint density at radius 3 is 2.46 bits per heavy atom. The van der Waals surface area contributed by atoms with Gasteiger partial charge in [-0.15, -0.1) is 0 Å². The normalized spacial score (nSPS) is 15.5. The van der Waals surface area contributed by atoms with Gasteiger partial charge in [0, 0.05) is 25.7 Å². The number of fused-ring (bicyclic) bond motifs is 1. The molecule has 0 fully saturated rings. The van der Waals surface area contributed by atoms with Gasteiger partial charge in [0.15, 0.2) is 0 Å². The van der Waals surface area contributed by atoms with E-state index in [4.69, 9.17) is 5.11 Å². The molecule has 3 rings (SSSR count). The Balaban J connectivity index is 1.72. The number of benzene rings is 1. The molecule has 2 aromatic rings. The highest BCUT2D eigenvalue weighted by molar-refractivity contribution is 5.94. The molecule has 6 heteroatoms. The largest absolute Gasteiger partial charge is 0.477 e. The maximum absolute atomic E-state index is 12.7. The van der Waals surface area contributed by atoms with Crippen LogP contribution in [0.25, 0.3) is 0 Å². The average Bonchev–Trinajstić information content (AvgIpc) is 2.66. The van der Waals surface area contributed by atoms with E-state index in [9.17, 15) is 9.59 Å². The number of aromatic carboxylic acids is 1. The van der Waals surface area contributed by atoms with E-state index in [0.29, 0.717) is 0 Å². The summed E-state index contributed by atoms with van der Waals surface area (Å²) in [6.07, 6.45) is 1.00.